The largest absolute Gasteiger partial charge is 0.497 e. The van der Waals surface area contributed by atoms with Crippen molar-refractivity contribution >= 4 is 29.2 Å². The number of aromatic nitrogens is 2. The van der Waals surface area contributed by atoms with Crippen molar-refractivity contribution in [3.8, 4) is 5.75 Å². The van der Waals surface area contributed by atoms with E-state index in [4.69, 9.17) is 16.3 Å². The van der Waals surface area contributed by atoms with Gasteiger partial charge in [-0.1, -0.05) is 11.6 Å². The number of nitrogens with one attached hydrogen (secondary N) is 1. The summed E-state index contributed by atoms with van der Waals surface area (Å²) in [6.07, 6.45) is -0.721. The molecule has 0 spiro atoms. The number of amides is 2. The minimum absolute atomic E-state index is 0.0882. The van der Waals surface area contributed by atoms with E-state index < -0.39 is 71.2 Å². The minimum Gasteiger partial charge on any atom is -0.497 e. The van der Waals surface area contributed by atoms with Gasteiger partial charge in [-0.15, -0.1) is 0 Å². The van der Waals surface area contributed by atoms with E-state index in [2.05, 4.69) is 10.3 Å². The second kappa shape index (κ2) is 11.4. The van der Waals surface area contributed by atoms with Crippen molar-refractivity contribution in [2.24, 2.45) is 5.92 Å². The van der Waals surface area contributed by atoms with Gasteiger partial charge in [-0.05, 0) is 31.2 Å². The molecule has 1 fully saturated rings. The highest BCUT2D eigenvalue weighted by molar-refractivity contribution is 6.30. The average Bonchev–Trinajstić information content (AvgIpc) is 3.12. The number of benzene rings is 2. The number of methoxy groups -OCH3 is 1. The maximum Gasteiger partial charge on any atom is 0.294 e. The molecule has 3 aromatic rings. The molecule has 3 atom stereocenters. The first-order valence-corrected chi connectivity index (χ1v) is 12.1. The minimum atomic E-state index is -2.85. The van der Waals surface area contributed by atoms with Crippen LogP contribution in [0.15, 0.2) is 53.6 Å². The van der Waals surface area contributed by atoms with Crippen LogP contribution in [-0.4, -0.2) is 47.5 Å². The first-order valence-electron chi connectivity index (χ1n) is 11.8. The van der Waals surface area contributed by atoms with Crippen LogP contribution in [0.25, 0.3) is 0 Å². The zero-order valence-corrected chi connectivity index (χ0v) is 21.5. The first kappa shape index (κ1) is 28.1. The maximum atomic E-state index is 15.2. The van der Waals surface area contributed by atoms with E-state index in [9.17, 15) is 23.2 Å². The number of halogens is 5. The molecule has 2 amide bonds. The third kappa shape index (κ3) is 5.60. The van der Waals surface area contributed by atoms with Crippen LogP contribution in [-0.2, 0) is 11.3 Å². The number of hydrogen-bond acceptors (Lipinski definition) is 5. The highest BCUT2D eigenvalue weighted by Gasteiger charge is 2.50. The van der Waals surface area contributed by atoms with Gasteiger partial charge in [-0.2, -0.15) is 0 Å². The average molecular weight is 567 g/mol. The molecular weight excluding hydrogens is 544 g/mol. The summed E-state index contributed by atoms with van der Waals surface area (Å²) in [7, 11) is 1.23. The number of alkyl halides is 2. The second-order valence-electron chi connectivity index (χ2n) is 8.90. The van der Waals surface area contributed by atoms with Crippen molar-refractivity contribution in [3.05, 3.63) is 86.9 Å². The quantitative estimate of drug-likeness (QED) is 0.416. The molecule has 1 aliphatic heterocycles. The summed E-state index contributed by atoms with van der Waals surface area (Å²) >= 11 is 5.86. The van der Waals surface area contributed by atoms with Crippen molar-refractivity contribution < 1.29 is 31.9 Å². The fourth-order valence-electron chi connectivity index (χ4n) is 4.78. The summed E-state index contributed by atoms with van der Waals surface area (Å²) in [6.45, 7) is 0.170. The Hall–Kier alpha value is -3.93. The third-order valence-corrected chi connectivity index (χ3v) is 6.84. The van der Waals surface area contributed by atoms with E-state index in [0.29, 0.717) is 9.59 Å². The second-order valence-corrected chi connectivity index (χ2v) is 9.34. The van der Waals surface area contributed by atoms with E-state index in [1.54, 1.807) is 0 Å². The molecule has 13 heteroatoms. The summed E-state index contributed by atoms with van der Waals surface area (Å²) in [5, 5.41) is 3.00. The number of anilines is 1. The van der Waals surface area contributed by atoms with Gasteiger partial charge >= 0.3 is 0 Å². The molecule has 1 N–H and O–H groups in total. The van der Waals surface area contributed by atoms with Gasteiger partial charge in [0.15, 0.2) is 0 Å². The lowest BCUT2D eigenvalue weighted by Gasteiger charge is -2.25. The van der Waals surface area contributed by atoms with Crippen molar-refractivity contribution in [1.29, 1.82) is 0 Å². The van der Waals surface area contributed by atoms with E-state index in [0.717, 1.165) is 29.4 Å². The lowest BCUT2D eigenvalue weighted by Crippen LogP contribution is -2.40. The zero-order chi connectivity index (χ0) is 28.4. The molecule has 39 heavy (non-hydrogen) atoms. The summed E-state index contributed by atoms with van der Waals surface area (Å²) < 4.78 is 62.1. The predicted octanol–water partition coefficient (Wildman–Crippen LogP) is 4.01. The van der Waals surface area contributed by atoms with Gasteiger partial charge in [0.2, 0.25) is 11.7 Å². The number of ether oxygens (including phenoxy) is 1. The lowest BCUT2D eigenvalue weighted by molar-refractivity contribution is -0.120. The van der Waals surface area contributed by atoms with Crippen LogP contribution in [0.5, 0.6) is 5.75 Å². The smallest absolute Gasteiger partial charge is 0.294 e. The molecule has 0 saturated carbocycles. The predicted molar refractivity (Wildman–Crippen MR) is 134 cm³/mol. The Balaban J connectivity index is 1.75. The number of rotatable bonds is 8. The molecule has 0 bridgehead atoms. The SMILES string of the molecule is COc1cc(F)c([C@H]2C(CNC(=O)c3ccc(Cl)cc3)C(=O)N(c3nccn(CC(F)F)c3=O)[C@@H]2C)c(F)c1. The molecule has 1 saturated heterocycles. The van der Waals surface area contributed by atoms with Gasteiger partial charge < -0.3 is 14.6 Å². The first-order chi connectivity index (χ1) is 18.5. The van der Waals surface area contributed by atoms with Gasteiger partial charge in [0.1, 0.15) is 17.4 Å². The molecule has 4 rings (SSSR count). The van der Waals surface area contributed by atoms with Gasteiger partial charge in [0.05, 0.1) is 19.6 Å². The van der Waals surface area contributed by atoms with Gasteiger partial charge in [0, 0.05) is 59.2 Å². The monoisotopic (exact) mass is 566 g/mol. The zero-order valence-electron chi connectivity index (χ0n) is 20.7. The van der Waals surface area contributed by atoms with Crippen LogP contribution in [0.1, 0.15) is 28.8 Å². The lowest BCUT2D eigenvalue weighted by atomic mass is 9.83. The molecular formula is C26H23ClF4N4O4. The number of nitrogens with zero attached hydrogens (tertiary/aromatic N) is 3. The summed E-state index contributed by atoms with van der Waals surface area (Å²) in [4.78, 5) is 44.2. The summed E-state index contributed by atoms with van der Waals surface area (Å²) in [6, 6.07) is 6.78. The van der Waals surface area contributed by atoms with E-state index in [1.807, 2.05) is 0 Å². The Labute approximate surface area is 225 Å². The van der Waals surface area contributed by atoms with Crippen LogP contribution in [0.4, 0.5) is 23.4 Å². The Kier molecular flexibility index (Phi) is 8.24. The van der Waals surface area contributed by atoms with E-state index in [1.165, 1.54) is 38.3 Å². The topological polar surface area (TPSA) is 93.5 Å². The van der Waals surface area contributed by atoms with Crippen molar-refractivity contribution in [1.82, 2.24) is 14.9 Å². The van der Waals surface area contributed by atoms with Crippen molar-refractivity contribution in [2.75, 3.05) is 18.6 Å². The van der Waals surface area contributed by atoms with Crippen molar-refractivity contribution in [3.63, 3.8) is 0 Å². The van der Waals surface area contributed by atoms with Crippen LogP contribution >= 0.6 is 11.6 Å². The molecule has 2 heterocycles. The molecule has 0 aliphatic carbocycles. The van der Waals surface area contributed by atoms with Crippen LogP contribution in [0, 0.1) is 17.6 Å². The number of hydrogen-bond donors (Lipinski definition) is 1. The molecule has 8 nitrogen and oxygen atoms in total. The molecule has 1 aliphatic rings. The Morgan fingerprint density at radius 1 is 1.15 bits per heavy atom. The maximum absolute atomic E-state index is 15.2. The molecule has 1 aromatic heterocycles. The standard InChI is InChI=1S/C26H23ClF4N4O4/c1-13-21(22-18(28)9-16(39-2)10-19(22)29)17(11-33-24(36)14-3-5-15(27)6-4-14)25(37)35(13)23-26(38)34(8-7-32-23)12-20(30)31/h3-10,13,17,20-21H,11-12H2,1-2H3,(H,33,36)/t13-,17?,21-/m1/s1. The van der Waals surface area contributed by atoms with Crippen LogP contribution in [0.3, 0.4) is 0 Å². The van der Waals surface area contributed by atoms with Crippen molar-refractivity contribution in [2.45, 2.75) is 31.9 Å². The van der Waals surface area contributed by atoms with Gasteiger partial charge in [-0.3, -0.25) is 19.3 Å². The Morgan fingerprint density at radius 3 is 2.38 bits per heavy atom. The fraction of sp³-hybridized carbons (Fsp3) is 0.308. The highest BCUT2D eigenvalue weighted by atomic mass is 35.5. The Morgan fingerprint density at radius 2 is 1.79 bits per heavy atom. The normalized spacial score (nSPS) is 19.0. The molecule has 1 unspecified atom stereocenters. The Bertz CT molecular complexity index is 1430. The molecule has 0 radical (unpaired) electrons. The van der Waals surface area contributed by atoms with Crippen LogP contribution < -0.4 is 20.5 Å². The summed E-state index contributed by atoms with van der Waals surface area (Å²) in [5.41, 5.74) is -1.19. The highest BCUT2D eigenvalue weighted by Crippen LogP contribution is 2.42. The number of carbonyl (C=O) groups excluding carboxylic acids is 2. The van der Waals surface area contributed by atoms with E-state index >= 15 is 8.78 Å². The summed E-state index contributed by atoms with van der Waals surface area (Å²) in [5.74, 6) is -6.32. The molecule has 206 valence electrons. The number of carbonyl (C=O) groups is 2. The fourth-order valence-corrected chi connectivity index (χ4v) is 4.91. The molecule has 2 aromatic carbocycles. The van der Waals surface area contributed by atoms with Crippen LogP contribution in [0.2, 0.25) is 5.02 Å². The van der Waals surface area contributed by atoms with E-state index in [-0.39, 0.29) is 17.9 Å². The van der Waals surface area contributed by atoms with Gasteiger partial charge in [0.25, 0.3) is 17.9 Å². The van der Waals surface area contributed by atoms with Gasteiger partial charge in [-0.25, -0.2) is 22.5 Å². The third-order valence-electron chi connectivity index (χ3n) is 6.58.